The van der Waals surface area contributed by atoms with Gasteiger partial charge in [0.2, 0.25) is 0 Å². The molecule has 0 aromatic heterocycles. The van der Waals surface area contributed by atoms with Crippen LogP contribution in [-0.4, -0.2) is 28.7 Å². The van der Waals surface area contributed by atoms with Crippen LogP contribution in [0.25, 0.3) is 0 Å². The summed E-state index contributed by atoms with van der Waals surface area (Å²) in [6.07, 6.45) is -3.54. The second-order valence-electron chi connectivity index (χ2n) is 7.09. The molecule has 1 fully saturated rings. The lowest BCUT2D eigenvalue weighted by Gasteiger charge is -2.41. The maximum absolute atomic E-state index is 12.9. The second kappa shape index (κ2) is 7.46. The molecule has 2 heterocycles. The molecule has 0 radical (unpaired) electrons. The Morgan fingerprint density at radius 3 is 2.62 bits per heavy atom. The number of hydrogen-bond acceptors (Lipinski definition) is 4. The molecule has 0 saturated carbocycles. The lowest BCUT2D eigenvalue weighted by atomic mass is 9.91. The predicted molar refractivity (Wildman–Crippen MR) is 114 cm³/mol. The van der Waals surface area contributed by atoms with Crippen LogP contribution < -0.4 is 20.7 Å². The van der Waals surface area contributed by atoms with Gasteiger partial charge in [-0.25, -0.2) is 0 Å². The van der Waals surface area contributed by atoms with Crippen molar-refractivity contribution in [3.05, 3.63) is 53.6 Å². The average Bonchev–Trinajstić information content (AvgIpc) is 2.81. The molecule has 29 heavy (non-hydrogen) atoms. The first-order chi connectivity index (χ1) is 13.7. The summed E-state index contributed by atoms with van der Waals surface area (Å²) in [5.74, 6) is 1.29. The lowest BCUT2D eigenvalue weighted by molar-refractivity contribution is -0.0598. The molecule has 0 aliphatic carbocycles. The fourth-order valence-corrected chi connectivity index (χ4v) is 4.19. The van der Waals surface area contributed by atoms with Gasteiger partial charge in [0, 0.05) is 23.7 Å². The number of benzene rings is 2. The van der Waals surface area contributed by atoms with Crippen LogP contribution in [0.15, 0.2) is 42.5 Å². The van der Waals surface area contributed by atoms with Gasteiger partial charge in [-0.05, 0) is 37.1 Å². The van der Waals surface area contributed by atoms with Gasteiger partial charge in [0.15, 0.2) is 10.7 Å². The number of anilines is 1. The average molecular weight is 438 g/mol. The van der Waals surface area contributed by atoms with Gasteiger partial charge >= 0.3 is 6.18 Å². The molecule has 4 rings (SSSR count). The number of rotatable bonds is 2. The molecule has 0 bridgehead atoms. The van der Waals surface area contributed by atoms with Crippen molar-refractivity contribution in [1.82, 2.24) is 5.32 Å². The number of nitrogens with one attached hydrogen (secondary N) is 1. The van der Waals surface area contributed by atoms with Gasteiger partial charge in [0.25, 0.3) is 0 Å². The SMILES string of the molecule is NC(=S)c1ccc2c(c1)Oc1ccccc1[C@H]1C[C@H](NC(=S)C(F)(F)F)CCN21. The number of nitrogens with two attached hydrogens (primary N) is 1. The van der Waals surface area contributed by atoms with Crippen molar-refractivity contribution in [2.75, 3.05) is 11.4 Å². The van der Waals surface area contributed by atoms with Crippen LogP contribution in [0.4, 0.5) is 18.9 Å². The largest absolute Gasteiger partial charge is 0.455 e. The minimum absolute atomic E-state index is 0.148. The topological polar surface area (TPSA) is 50.5 Å². The Bertz CT molecular complexity index is 980. The van der Waals surface area contributed by atoms with E-state index in [4.69, 9.17) is 22.7 Å². The van der Waals surface area contributed by atoms with Crippen molar-refractivity contribution in [1.29, 1.82) is 0 Å². The van der Waals surface area contributed by atoms with Crippen molar-refractivity contribution in [3.8, 4) is 11.5 Å². The minimum atomic E-state index is -4.53. The molecule has 2 aromatic rings. The molecule has 9 heteroatoms. The summed E-state index contributed by atoms with van der Waals surface area (Å²) in [7, 11) is 0. The van der Waals surface area contributed by atoms with Crippen LogP contribution in [-0.2, 0) is 0 Å². The van der Waals surface area contributed by atoms with Gasteiger partial charge < -0.3 is 20.7 Å². The first kappa shape index (κ1) is 19.9. The summed E-state index contributed by atoms with van der Waals surface area (Å²) in [6.45, 7) is 0.555. The number of fused-ring (bicyclic) bond motifs is 5. The fraction of sp³-hybridized carbons (Fsp3) is 0.300. The number of ether oxygens (including phenoxy) is 1. The highest BCUT2D eigenvalue weighted by molar-refractivity contribution is 7.80. The van der Waals surface area contributed by atoms with E-state index in [-0.39, 0.29) is 17.1 Å². The Hall–Kier alpha value is -2.39. The van der Waals surface area contributed by atoms with E-state index in [9.17, 15) is 13.2 Å². The van der Waals surface area contributed by atoms with E-state index in [1.807, 2.05) is 36.4 Å². The summed E-state index contributed by atoms with van der Waals surface area (Å²) < 4.78 is 44.8. The van der Waals surface area contributed by atoms with E-state index in [0.29, 0.717) is 36.4 Å². The maximum Gasteiger partial charge on any atom is 0.441 e. The van der Waals surface area contributed by atoms with Crippen molar-refractivity contribution in [2.45, 2.75) is 31.1 Å². The Morgan fingerprint density at radius 1 is 1.14 bits per heavy atom. The van der Waals surface area contributed by atoms with Gasteiger partial charge in [0.05, 0.1) is 11.7 Å². The molecule has 3 N–H and O–H groups in total. The van der Waals surface area contributed by atoms with E-state index < -0.39 is 11.2 Å². The first-order valence-corrected chi connectivity index (χ1v) is 9.90. The molecule has 152 valence electrons. The second-order valence-corrected chi connectivity index (χ2v) is 7.94. The first-order valence-electron chi connectivity index (χ1n) is 9.09. The number of thiocarbonyl (C=S) groups is 2. The number of alkyl halides is 3. The molecular formula is C20H18F3N3OS2. The monoisotopic (exact) mass is 437 g/mol. The number of para-hydroxylation sites is 1. The Balaban J connectivity index is 1.70. The smallest absolute Gasteiger partial charge is 0.441 e. The van der Waals surface area contributed by atoms with Gasteiger partial charge in [-0.15, -0.1) is 0 Å². The van der Waals surface area contributed by atoms with Crippen LogP contribution in [0, 0.1) is 0 Å². The van der Waals surface area contributed by atoms with Crippen LogP contribution >= 0.6 is 24.4 Å². The van der Waals surface area contributed by atoms with Crippen molar-refractivity contribution < 1.29 is 17.9 Å². The van der Waals surface area contributed by atoms with E-state index in [2.05, 4.69) is 22.4 Å². The molecule has 2 atom stereocenters. The lowest BCUT2D eigenvalue weighted by Crippen LogP contribution is -2.48. The minimum Gasteiger partial charge on any atom is -0.455 e. The molecule has 2 aliphatic rings. The Labute approximate surface area is 176 Å². The molecule has 0 unspecified atom stereocenters. The van der Waals surface area contributed by atoms with Crippen LogP contribution in [0.2, 0.25) is 0 Å². The molecular weight excluding hydrogens is 419 g/mol. The molecule has 2 aliphatic heterocycles. The standard InChI is InChI=1S/C20H18F3N3OS2/c21-20(22,23)19(29)25-12-7-8-26-14-6-5-11(18(24)28)9-17(14)27-16-4-2-1-3-13(16)15(26)10-12/h1-6,9,12,15H,7-8,10H2,(H2,24,28)(H,25,29)/t12-,15-/m1/s1. The summed E-state index contributed by atoms with van der Waals surface area (Å²) in [4.78, 5) is 1.36. The normalized spacial score (nSPS) is 20.4. The highest BCUT2D eigenvalue weighted by atomic mass is 32.1. The number of hydrogen-bond donors (Lipinski definition) is 2. The molecule has 1 saturated heterocycles. The van der Waals surface area contributed by atoms with Crippen molar-refractivity contribution in [3.63, 3.8) is 0 Å². The summed E-state index contributed by atoms with van der Waals surface area (Å²) >= 11 is 9.60. The third-order valence-electron chi connectivity index (χ3n) is 5.25. The zero-order chi connectivity index (χ0) is 20.8. The zero-order valence-electron chi connectivity index (χ0n) is 15.2. The third kappa shape index (κ3) is 3.89. The van der Waals surface area contributed by atoms with E-state index in [0.717, 1.165) is 11.3 Å². The highest BCUT2D eigenvalue weighted by Crippen LogP contribution is 2.47. The van der Waals surface area contributed by atoms with E-state index in [1.165, 1.54) is 0 Å². The Morgan fingerprint density at radius 2 is 1.90 bits per heavy atom. The number of piperidine rings is 1. The zero-order valence-corrected chi connectivity index (χ0v) is 16.8. The summed E-state index contributed by atoms with van der Waals surface area (Å²) in [5.41, 5.74) is 8.24. The molecule has 2 aromatic carbocycles. The van der Waals surface area contributed by atoms with Gasteiger partial charge in [0.1, 0.15) is 10.7 Å². The van der Waals surface area contributed by atoms with Crippen molar-refractivity contribution in [2.24, 2.45) is 5.73 Å². The van der Waals surface area contributed by atoms with Crippen LogP contribution in [0.1, 0.15) is 30.0 Å². The van der Waals surface area contributed by atoms with Crippen molar-refractivity contribution >= 4 is 40.1 Å². The van der Waals surface area contributed by atoms with E-state index in [1.54, 1.807) is 6.07 Å². The van der Waals surface area contributed by atoms with Crippen LogP contribution in [0.3, 0.4) is 0 Å². The number of nitrogens with zero attached hydrogens (tertiary/aromatic N) is 1. The maximum atomic E-state index is 12.9. The van der Waals surface area contributed by atoms with Gasteiger partial charge in [-0.3, -0.25) is 0 Å². The highest BCUT2D eigenvalue weighted by Gasteiger charge is 2.39. The van der Waals surface area contributed by atoms with Crippen LogP contribution in [0.5, 0.6) is 11.5 Å². The number of halogens is 3. The molecule has 0 spiro atoms. The Kier molecular flexibility index (Phi) is 5.12. The summed E-state index contributed by atoms with van der Waals surface area (Å²) in [6, 6.07) is 12.6. The van der Waals surface area contributed by atoms with Gasteiger partial charge in [-0.2, -0.15) is 13.2 Å². The van der Waals surface area contributed by atoms with Gasteiger partial charge in [-0.1, -0.05) is 42.6 Å². The molecule has 4 nitrogen and oxygen atoms in total. The third-order valence-corrected chi connectivity index (χ3v) is 5.83. The molecule has 0 amide bonds. The fourth-order valence-electron chi connectivity index (χ4n) is 3.90. The van der Waals surface area contributed by atoms with E-state index >= 15 is 0 Å². The predicted octanol–water partition coefficient (Wildman–Crippen LogP) is 4.62. The quantitative estimate of drug-likeness (QED) is 0.669. The summed E-state index contributed by atoms with van der Waals surface area (Å²) in [5, 5.41) is 2.50.